The fourth-order valence-electron chi connectivity index (χ4n) is 1.51. The second kappa shape index (κ2) is 4.14. The summed E-state index contributed by atoms with van der Waals surface area (Å²) in [6, 6.07) is 5.23. The minimum absolute atomic E-state index is 0.141. The Morgan fingerprint density at radius 2 is 2.07 bits per heavy atom. The predicted octanol–water partition coefficient (Wildman–Crippen LogP) is 2.69. The molecule has 0 saturated carbocycles. The fourth-order valence-corrected chi connectivity index (χ4v) is 1.51. The minimum Gasteiger partial charge on any atom is -0.478 e. The van der Waals surface area contributed by atoms with Gasteiger partial charge >= 0.3 is 5.97 Å². The third-order valence-electron chi connectivity index (χ3n) is 2.37. The summed E-state index contributed by atoms with van der Waals surface area (Å²) in [5, 5.41) is 17.8. The Kier molecular flexibility index (Phi) is 3.11. The molecule has 15 heavy (non-hydrogen) atoms. The van der Waals surface area contributed by atoms with Gasteiger partial charge in [0.1, 0.15) is 0 Å². The number of carboxylic acid groups (broad SMARTS) is 1. The maximum atomic E-state index is 11.0. The maximum absolute atomic E-state index is 11.0. The van der Waals surface area contributed by atoms with E-state index >= 15 is 0 Å². The van der Waals surface area contributed by atoms with Crippen LogP contribution in [0.1, 0.15) is 46.8 Å². The Labute approximate surface area is 89.0 Å². The van der Waals surface area contributed by atoms with Crippen molar-refractivity contribution in [3.05, 3.63) is 34.4 Å². The molecule has 1 N–H and O–H groups in total. The molecule has 3 nitrogen and oxygen atoms in total. The SMILES string of the molecule is Cc1cc(C(C)C)c(C(=O)O)cc1C#N. The highest BCUT2D eigenvalue weighted by molar-refractivity contribution is 5.90. The van der Waals surface area contributed by atoms with E-state index in [-0.39, 0.29) is 11.5 Å². The molecule has 0 fully saturated rings. The third-order valence-corrected chi connectivity index (χ3v) is 2.37. The number of hydrogen-bond acceptors (Lipinski definition) is 2. The lowest BCUT2D eigenvalue weighted by Crippen LogP contribution is -2.05. The van der Waals surface area contributed by atoms with Crippen LogP contribution in [0.5, 0.6) is 0 Å². The van der Waals surface area contributed by atoms with Crippen molar-refractivity contribution >= 4 is 5.97 Å². The first kappa shape index (κ1) is 11.3. The van der Waals surface area contributed by atoms with Gasteiger partial charge in [-0.1, -0.05) is 19.9 Å². The zero-order chi connectivity index (χ0) is 11.6. The number of carbonyl (C=O) groups is 1. The van der Waals surface area contributed by atoms with E-state index in [1.54, 1.807) is 6.07 Å². The molecule has 0 amide bonds. The van der Waals surface area contributed by atoms with Crippen LogP contribution in [-0.2, 0) is 0 Å². The number of carboxylic acids is 1. The number of hydrogen-bond donors (Lipinski definition) is 1. The second-order valence-corrected chi connectivity index (χ2v) is 3.83. The molecule has 1 rings (SSSR count). The molecule has 0 heterocycles. The first-order valence-corrected chi connectivity index (χ1v) is 4.75. The molecule has 0 radical (unpaired) electrons. The van der Waals surface area contributed by atoms with Crippen LogP contribution >= 0.6 is 0 Å². The number of nitriles is 1. The van der Waals surface area contributed by atoms with Crippen LogP contribution in [-0.4, -0.2) is 11.1 Å². The van der Waals surface area contributed by atoms with E-state index in [4.69, 9.17) is 10.4 Å². The van der Waals surface area contributed by atoms with E-state index < -0.39 is 5.97 Å². The Bertz CT molecular complexity index is 442. The molecule has 1 aromatic rings. The molecule has 0 aliphatic heterocycles. The Balaban J connectivity index is 3.47. The van der Waals surface area contributed by atoms with Crippen molar-refractivity contribution in [3.8, 4) is 6.07 Å². The van der Waals surface area contributed by atoms with Gasteiger partial charge in [-0.05, 0) is 30.0 Å². The van der Waals surface area contributed by atoms with Gasteiger partial charge in [0.2, 0.25) is 0 Å². The van der Waals surface area contributed by atoms with Gasteiger partial charge in [0.05, 0.1) is 17.2 Å². The van der Waals surface area contributed by atoms with Gasteiger partial charge in [0.15, 0.2) is 0 Å². The van der Waals surface area contributed by atoms with Crippen molar-refractivity contribution < 1.29 is 9.90 Å². The van der Waals surface area contributed by atoms with Crippen LogP contribution in [0.3, 0.4) is 0 Å². The summed E-state index contributed by atoms with van der Waals surface area (Å²) in [6.45, 7) is 5.69. The lowest BCUT2D eigenvalue weighted by atomic mass is 9.93. The van der Waals surface area contributed by atoms with Crippen molar-refractivity contribution in [2.24, 2.45) is 0 Å². The second-order valence-electron chi connectivity index (χ2n) is 3.83. The average Bonchev–Trinajstić information content (AvgIpc) is 2.16. The molecule has 0 atom stereocenters. The largest absolute Gasteiger partial charge is 0.478 e. The third kappa shape index (κ3) is 2.16. The highest BCUT2D eigenvalue weighted by Crippen LogP contribution is 2.23. The summed E-state index contributed by atoms with van der Waals surface area (Å²) in [6.07, 6.45) is 0. The van der Waals surface area contributed by atoms with Gasteiger partial charge in [0, 0.05) is 0 Å². The summed E-state index contributed by atoms with van der Waals surface area (Å²) >= 11 is 0. The van der Waals surface area contributed by atoms with E-state index in [0.29, 0.717) is 5.56 Å². The van der Waals surface area contributed by atoms with Crippen LogP contribution in [0.4, 0.5) is 0 Å². The minimum atomic E-state index is -0.977. The van der Waals surface area contributed by atoms with Gasteiger partial charge < -0.3 is 5.11 Å². The van der Waals surface area contributed by atoms with E-state index in [2.05, 4.69) is 0 Å². The zero-order valence-corrected chi connectivity index (χ0v) is 9.03. The van der Waals surface area contributed by atoms with E-state index in [0.717, 1.165) is 11.1 Å². The molecule has 0 spiro atoms. The Morgan fingerprint density at radius 1 is 1.47 bits per heavy atom. The standard InChI is InChI=1S/C12H13NO2/c1-7(2)10-4-8(3)9(6-13)5-11(10)12(14)15/h4-5,7H,1-3H3,(H,14,15). The van der Waals surface area contributed by atoms with Crippen LogP contribution < -0.4 is 0 Å². The summed E-state index contributed by atoms with van der Waals surface area (Å²) < 4.78 is 0. The molecule has 78 valence electrons. The smallest absolute Gasteiger partial charge is 0.336 e. The molecular formula is C12H13NO2. The number of nitrogens with zero attached hydrogens (tertiary/aromatic N) is 1. The van der Waals surface area contributed by atoms with Crippen molar-refractivity contribution in [2.75, 3.05) is 0 Å². The number of aryl methyl sites for hydroxylation is 1. The van der Waals surface area contributed by atoms with Crippen LogP contribution in [0.25, 0.3) is 0 Å². The van der Waals surface area contributed by atoms with Gasteiger partial charge in [0.25, 0.3) is 0 Å². The molecule has 0 aliphatic carbocycles. The molecular weight excluding hydrogens is 190 g/mol. The van der Waals surface area contributed by atoms with Crippen LogP contribution in [0, 0.1) is 18.3 Å². The Morgan fingerprint density at radius 3 is 2.47 bits per heavy atom. The van der Waals surface area contributed by atoms with Crippen molar-refractivity contribution in [2.45, 2.75) is 26.7 Å². The summed E-state index contributed by atoms with van der Waals surface area (Å²) in [7, 11) is 0. The van der Waals surface area contributed by atoms with Gasteiger partial charge in [-0.2, -0.15) is 5.26 Å². The lowest BCUT2D eigenvalue weighted by Gasteiger charge is -2.11. The monoisotopic (exact) mass is 203 g/mol. The molecule has 0 aromatic heterocycles. The van der Waals surface area contributed by atoms with E-state index in [1.807, 2.05) is 26.8 Å². The van der Waals surface area contributed by atoms with Crippen LogP contribution in [0.2, 0.25) is 0 Å². The quantitative estimate of drug-likeness (QED) is 0.803. The number of benzene rings is 1. The molecule has 3 heteroatoms. The lowest BCUT2D eigenvalue weighted by molar-refractivity contribution is 0.0695. The molecule has 0 bridgehead atoms. The number of aromatic carboxylic acids is 1. The van der Waals surface area contributed by atoms with E-state index in [9.17, 15) is 4.79 Å². The van der Waals surface area contributed by atoms with Crippen LogP contribution in [0.15, 0.2) is 12.1 Å². The molecule has 1 aromatic carbocycles. The Hall–Kier alpha value is -1.82. The molecule has 0 unspecified atom stereocenters. The highest BCUT2D eigenvalue weighted by atomic mass is 16.4. The van der Waals surface area contributed by atoms with Crippen molar-refractivity contribution in [3.63, 3.8) is 0 Å². The average molecular weight is 203 g/mol. The molecule has 0 saturated heterocycles. The number of rotatable bonds is 2. The topological polar surface area (TPSA) is 61.1 Å². The molecule has 0 aliphatic rings. The first-order chi connectivity index (χ1) is 6.97. The van der Waals surface area contributed by atoms with Gasteiger partial charge in [-0.3, -0.25) is 0 Å². The van der Waals surface area contributed by atoms with E-state index in [1.165, 1.54) is 6.07 Å². The van der Waals surface area contributed by atoms with Crippen molar-refractivity contribution in [1.82, 2.24) is 0 Å². The van der Waals surface area contributed by atoms with Crippen molar-refractivity contribution in [1.29, 1.82) is 5.26 Å². The first-order valence-electron chi connectivity index (χ1n) is 4.75. The fraction of sp³-hybridized carbons (Fsp3) is 0.333. The van der Waals surface area contributed by atoms with Gasteiger partial charge in [-0.15, -0.1) is 0 Å². The summed E-state index contributed by atoms with van der Waals surface area (Å²) in [5.41, 5.74) is 2.26. The maximum Gasteiger partial charge on any atom is 0.336 e. The highest BCUT2D eigenvalue weighted by Gasteiger charge is 2.15. The van der Waals surface area contributed by atoms with Gasteiger partial charge in [-0.25, -0.2) is 4.79 Å². The normalized spacial score (nSPS) is 10.1. The zero-order valence-electron chi connectivity index (χ0n) is 9.03. The summed E-state index contributed by atoms with van der Waals surface area (Å²) in [5.74, 6) is -0.835. The predicted molar refractivity (Wildman–Crippen MR) is 56.9 cm³/mol. The summed E-state index contributed by atoms with van der Waals surface area (Å²) in [4.78, 5) is 11.0.